The van der Waals surface area contributed by atoms with Crippen LogP contribution in [0.15, 0.2) is 41.7 Å². The highest BCUT2D eigenvalue weighted by molar-refractivity contribution is 8.00. The van der Waals surface area contributed by atoms with E-state index in [1.807, 2.05) is 37.3 Å². The number of carbonyl (C=O) groups is 1. The summed E-state index contributed by atoms with van der Waals surface area (Å²) in [5.74, 6) is 1.12. The van der Waals surface area contributed by atoms with Crippen LogP contribution in [0.1, 0.15) is 37.7 Å². The number of thioether (sulfide) groups is 1. The van der Waals surface area contributed by atoms with E-state index in [0.29, 0.717) is 24.4 Å². The first-order valence-electron chi connectivity index (χ1n) is 8.27. The molecule has 0 N–H and O–H groups in total. The quantitative estimate of drug-likeness (QED) is 0.607. The highest BCUT2D eigenvalue weighted by atomic mass is 32.2. The zero-order chi connectivity index (χ0) is 16.9. The van der Waals surface area contributed by atoms with Crippen LogP contribution in [-0.4, -0.2) is 33.4 Å². The lowest BCUT2D eigenvalue weighted by atomic mass is 9.73. The zero-order valence-corrected chi connectivity index (χ0v) is 14.3. The predicted octanol–water partition coefficient (Wildman–Crippen LogP) is 3.33. The molecule has 2 aliphatic heterocycles. The van der Waals surface area contributed by atoms with Crippen LogP contribution < -0.4 is 0 Å². The van der Waals surface area contributed by atoms with Crippen LogP contribution in [-0.2, 0) is 9.53 Å². The summed E-state index contributed by atoms with van der Waals surface area (Å²) >= 11 is 1.57. The molecule has 5 nitrogen and oxygen atoms in total. The van der Waals surface area contributed by atoms with E-state index < -0.39 is 11.6 Å². The van der Waals surface area contributed by atoms with Gasteiger partial charge in [-0.1, -0.05) is 30.3 Å². The first-order valence-corrected chi connectivity index (χ1v) is 9.32. The third-order valence-corrected chi connectivity index (χ3v) is 7.05. The average Bonchev–Trinajstić information content (AvgIpc) is 2.90. The molecular weight excluding hydrogens is 326 g/mol. The number of hydrogen-bond acceptors (Lipinski definition) is 5. The minimum atomic E-state index is -0.870. The zero-order valence-electron chi connectivity index (χ0n) is 13.4. The van der Waals surface area contributed by atoms with Crippen molar-refractivity contribution in [3.63, 3.8) is 0 Å². The van der Waals surface area contributed by atoms with E-state index in [1.54, 1.807) is 11.8 Å². The summed E-state index contributed by atoms with van der Waals surface area (Å²) in [4.78, 5) is 24.0. The molecule has 1 fully saturated rings. The van der Waals surface area contributed by atoms with E-state index in [4.69, 9.17) is 4.74 Å². The molecule has 0 amide bonds. The minimum Gasteiger partial charge on any atom is -0.483 e. The fraction of sp³-hybridized carbons (Fsp3) is 0.500. The van der Waals surface area contributed by atoms with Gasteiger partial charge in [-0.05, 0) is 18.9 Å². The fourth-order valence-electron chi connectivity index (χ4n) is 4.24. The summed E-state index contributed by atoms with van der Waals surface area (Å²) < 4.78 is 6.19. The van der Waals surface area contributed by atoms with Crippen LogP contribution >= 0.6 is 11.8 Å². The van der Waals surface area contributed by atoms with E-state index in [2.05, 4.69) is 0 Å². The van der Waals surface area contributed by atoms with Gasteiger partial charge >= 0.3 is 0 Å². The van der Waals surface area contributed by atoms with E-state index in [-0.39, 0.29) is 21.9 Å². The Balaban J connectivity index is 1.88. The van der Waals surface area contributed by atoms with Crippen molar-refractivity contribution in [2.75, 3.05) is 5.75 Å². The normalized spacial score (nSPS) is 35.2. The Hall–Kier alpha value is -1.82. The summed E-state index contributed by atoms with van der Waals surface area (Å²) in [6.45, 7) is 1.85. The average molecular weight is 345 g/mol. The standard InChI is InChI=1S/C18H19NO4S/c1-18-14(19(21)22)10-24-17(18)15(11-6-3-2-4-7-11)16-12(20)8-5-9-13(16)23-18/h2-4,6-7,14-15,17H,5,8-10H2,1H3. The van der Waals surface area contributed by atoms with Crippen molar-refractivity contribution >= 4 is 17.5 Å². The monoisotopic (exact) mass is 345 g/mol. The summed E-state index contributed by atoms with van der Waals surface area (Å²) in [6.07, 6.45) is 2.00. The van der Waals surface area contributed by atoms with Crippen molar-refractivity contribution in [3.05, 3.63) is 57.3 Å². The van der Waals surface area contributed by atoms with Crippen molar-refractivity contribution in [3.8, 4) is 0 Å². The molecule has 0 saturated carbocycles. The van der Waals surface area contributed by atoms with Gasteiger partial charge in [-0.15, -0.1) is 11.8 Å². The molecule has 4 unspecified atom stereocenters. The molecule has 1 aromatic carbocycles. The van der Waals surface area contributed by atoms with Gasteiger partial charge in [0.05, 0.1) is 11.0 Å². The van der Waals surface area contributed by atoms with Gasteiger partial charge in [0, 0.05) is 29.3 Å². The summed E-state index contributed by atoms with van der Waals surface area (Å²) in [5.41, 5.74) is 0.938. The molecule has 1 saturated heterocycles. The smallest absolute Gasteiger partial charge is 0.261 e. The van der Waals surface area contributed by atoms with Gasteiger partial charge in [-0.2, -0.15) is 0 Å². The minimum absolute atomic E-state index is 0.115. The molecule has 1 aromatic rings. The number of ether oxygens (including phenoxy) is 1. The van der Waals surface area contributed by atoms with Crippen molar-refractivity contribution in [1.82, 2.24) is 0 Å². The lowest BCUT2D eigenvalue weighted by molar-refractivity contribution is -0.537. The van der Waals surface area contributed by atoms with Crippen LogP contribution in [0.25, 0.3) is 0 Å². The topological polar surface area (TPSA) is 69.4 Å². The summed E-state index contributed by atoms with van der Waals surface area (Å²) in [7, 11) is 0. The Morgan fingerprint density at radius 1 is 1.29 bits per heavy atom. The number of benzene rings is 1. The van der Waals surface area contributed by atoms with Crippen LogP contribution in [0.5, 0.6) is 0 Å². The Labute approximate surface area is 144 Å². The van der Waals surface area contributed by atoms with Crippen LogP contribution in [0.2, 0.25) is 0 Å². The molecule has 0 spiro atoms. The number of nitro groups is 1. The van der Waals surface area contributed by atoms with E-state index >= 15 is 0 Å². The maximum atomic E-state index is 12.6. The molecule has 4 atom stereocenters. The first-order chi connectivity index (χ1) is 11.5. The number of allylic oxidation sites excluding steroid dienone is 2. The van der Waals surface area contributed by atoms with E-state index in [9.17, 15) is 14.9 Å². The molecule has 0 bridgehead atoms. The van der Waals surface area contributed by atoms with Gasteiger partial charge in [0.15, 0.2) is 11.4 Å². The maximum absolute atomic E-state index is 12.6. The maximum Gasteiger partial charge on any atom is 0.261 e. The second-order valence-electron chi connectivity index (χ2n) is 6.84. The number of Topliss-reactive ketones (excluding diaryl/α,β-unsaturated/α-hetero) is 1. The number of ketones is 1. The molecule has 0 aromatic heterocycles. The fourth-order valence-corrected chi connectivity index (χ4v) is 6.11. The largest absolute Gasteiger partial charge is 0.483 e. The van der Waals surface area contributed by atoms with Gasteiger partial charge in [0.25, 0.3) is 6.04 Å². The third kappa shape index (κ3) is 2.19. The lowest BCUT2D eigenvalue weighted by Crippen LogP contribution is -2.54. The second-order valence-corrected chi connectivity index (χ2v) is 8.02. The van der Waals surface area contributed by atoms with E-state index in [1.165, 1.54) is 0 Å². The van der Waals surface area contributed by atoms with Crippen LogP contribution in [0.3, 0.4) is 0 Å². The molecular formula is C18H19NO4S. The predicted molar refractivity (Wildman–Crippen MR) is 91.6 cm³/mol. The van der Waals surface area contributed by atoms with Gasteiger partial charge in [-0.3, -0.25) is 14.9 Å². The number of nitrogens with zero attached hydrogens (tertiary/aromatic N) is 1. The van der Waals surface area contributed by atoms with Gasteiger partial charge in [0.1, 0.15) is 5.76 Å². The van der Waals surface area contributed by atoms with Gasteiger partial charge in [-0.25, -0.2) is 0 Å². The SMILES string of the molecule is CC12OC3=C(C(=O)CCC3)C(c3ccccc3)C1SCC2[N+](=O)[O-]. The Bertz CT molecular complexity index is 732. The molecule has 126 valence electrons. The Kier molecular flexibility index (Phi) is 3.67. The van der Waals surface area contributed by atoms with Gasteiger partial charge in [0.2, 0.25) is 0 Å². The highest BCUT2D eigenvalue weighted by Gasteiger charge is 2.63. The number of carbonyl (C=O) groups excluding carboxylic acids is 1. The van der Waals surface area contributed by atoms with Crippen molar-refractivity contribution in [2.45, 2.75) is 49.0 Å². The molecule has 0 radical (unpaired) electrons. The molecule has 3 aliphatic rings. The summed E-state index contributed by atoms with van der Waals surface area (Å²) in [5, 5.41) is 11.4. The lowest BCUT2D eigenvalue weighted by Gasteiger charge is -2.44. The number of fused-ring (bicyclic) bond motifs is 1. The second kappa shape index (κ2) is 5.62. The van der Waals surface area contributed by atoms with Crippen molar-refractivity contribution < 1.29 is 14.5 Å². The number of rotatable bonds is 2. The Morgan fingerprint density at radius 2 is 2.04 bits per heavy atom. The van der Waals surface area contributed by atoms with Crippen LogP contribution in [0, 0.1) is 10.1 Å². The first kappa shape index (κ1) is 15.7. The van der Waals surface area contributed by atoms with Gasteiger partial charge < -0.3 is 4.74 Å². The number of hydrogen-bond donors (Lipinski definition) is 0. The summed E-state index contributed by atoms with van der Waals surface area (Å²) in [6, 6.07) is 9.15. The van der Waals surface area contributed by atoms with Crippen molar-refractivity contribution in [1.29, 1.82) is 0 Å². The Morgan fingerprint density at radius 3 is 2.75 bits per heavy atom. The molecule has 4 rings (SSSR count). The molecule has 2 heterocycles. The molecule has 6 heteroatoms. The molecule has 1 aliphatic carbocycles. The third-order valence-electron chi connectivity index (χ3n) is 5.44. The van der Waals surface area contributed by atoms with Crippen molar-refractivity contribution in [2.24, 2.45) is 0 Å². The molecule has 24 heavy (non-hydrogen) atoms. The van der Waals surface area contributed by atoms with E-state index in [0.717, 1.165) is 17.6 Å². The highest BCUT2D eigenvalue weighted by Crippen LogP contribution is 2.55. The van der Waals surface area contributed by atoms with Crippen LogP contribution in [0.4, 0.5) is 0 Å².